The van der Waals surface area contributed by atoms with Gasteiger partial charge in [0.2, 0.25) is 0 Å². The van der Waals surface area contributed by atoms with Crippen molar-refractivity contribution in [2.24, 2.45) is 0 Å². The molecule has 1 amide bonds. The van der Waals surface area contributed by atoms with E-state index in [0.717, 1.165) is 33.5 Å². The van der Waals surface area contributed by atoms with Gasteiger partial charge in [0.15, 0.2) is 0 Å². The van der Waals surface area contributed by atoms with Crippen LogP contribution in [0.15, 0.2) is 64.6 Å². The highest BCUT2D eigenvalue weighted by Gasteiger charge is 2.31. The normalized spacial score (nSPS) is 15.8. The highest BCUT2D eigenvalue weighted by atomic mass is 32.2. The number of para-hydroxylation sites is 1. The van der Waals surface area contributed by atoms with E-state index in [1.165, 1.54) is 0 Å². The highest BCUT2D eigenvalue weighted by molar-refractivity contribution is 8.04. The zero-order valence-electron chi connectivity index (χ0n) is 20.2. The molecule has 186 valence electrons. The van der Waals surface area contributed by atoms with Gasteiger partial charge in [-0.3, -0.25) is 14.6 Å². The Hall–Kier alpha value is -3.59. The number of fused-ring (bicyclic) bond motifs is 1. The summed E-state index contributed by atoms with van der Waals surface area (Å²) in [5.41, 5.74) is 1.89. The second-order valence-electron chi connectivity index (χ2n) is 8.69. The van der Waals surface area contributed by atoms with Gasteiger partial charge in [0.25, 0.3) is 11.5 Å². The number of hydrogen-bond donors (Lipinski definition) is 0. The lowest BCUT2D eigenvalue weighted by molar-refractivity contribution is -0.126. The summed E-state index contributed by atoms with van der Waals surface area (Å²) in [6.07, 6.45) is 6.30. The van der Waals surface area contributed by atoms with Gasteiger partial charge in [0.05, 0.1) is 29.3 Å². The molecule has 36 heavy (non-hydrogen) atoms. The van der Waals surface area contributed by atoms with Gasteiger partial charge >= 0.3 is 5.97 Å². The molecule has 4 heterocycles. The number of thioether (sulfide) groups is 1. The Morgan fingerprint density at radius 2 is 1.81 bits per heavy atom. The fourth-order valence-corrected chi connectivity index (χ4v) is 5.73. The van der Waals surface area contributed by atoms with Crippen molar-refractivity contribution in [2.45, 2.75) is 19.9 Å². The van der Waals surface area contributed by atoms with Gasteiger partial charge in [0, 0.05) is 49.7 Å². The minimum Gasteiger partial charge on any atom is -0.462 e. The van der Waals surface area contributed by atoms with Crippen LogP contribution >= 0.6 is 11.8 Å². The largest absolute Gasteiger partial charge is 0.462 e. The molecule has 5 rings (SSSR count). The quantitative estimate of drug-likeness (QED) is 0.476. The third-order valence-corrected chi connectivity index (χ3v) is 7.61. The van der Waals surface area contributed by atoms with Crippen LogP contribution in [0.1, 0.15) is 29.3 Å². The molecule has 2 aliphatic rings. The Morgan fingerprint density at radius 1 is 1.06 bits per heavy atom. The van der Waals surface area contributed by atoms with Crippen LogP contribution in [0.3, 0.4) is 0 Å². The predicted octanol–water partition coefficient (Wildman–Crippen LogP) is 3.29. The van der Waals surface area contributed by atoms with Crippen LogP contribution in [0.2, 0.25) is 0 Å². The van der Waals surface area contributed by atoms with E-state index in [2.05, 4.69) is 4.98 Å². The number of aromatic nitrogens is 2. The summed E-state index contributed by atoms with van der Waals surface area (Å²) in [5.74, 6) is 0.393. The topological polar surface area (TPSA) is 84.7 Å². The molecule has 9 heteroatoms. The SMILES string of the molecule is CCOC(=O)c1c(N2CCN(C(=O)C3=CCCS3)CC2)c2ccccc2n(Cc2ccncc2)c1=O. The molecule has 1 aromatic carbocycles. The molecule has 0 saturated carbocycles. The average molecular weight is 505 g/mol. The first kappa shape index (κ1) is 24.1. The number of hydrogen-bond acceptors (Lipinski definition) is 7. The summed E-state index contributed by atoms with van der Waals surface area (Å²) in [5, 5.41) is 0.808. The molecule has 2 aromatic heterocycles. The number of benzene rings is 1. The van der Waals surface area contributed by atoms with Gasteiger partial charge in [0.1, 0.15) is 5.56 Å². The molecule has 3 aromatic rings. The van der Waals surface area contributed by atoms with E-state index in [1.54, 1.807) is 35.6 Å². The van der Waals surface area contributed by atoms with Crippen molar-refractivity contribution in [3.63, 3.8) is 0 Å². The van der Waals surface area contributed by atoms with Crippen molar-refractivity contribution < 1.29 is 14.3 Å². The monoisotopic (exact) mass is 504 g/mol. The Morgan fingerprint density at radius 3 is 2.50 bits per heavy atom. The molecular weight excluding hydrogens is 476 g/mol. The van der Waals surface area contributed by atoms with Crippen molar-refractivity contribution in [3.05, 3.63) is 81.3 Å². The summed E-state index contributed by atoms with van der Waals surface area (Å²) in [7, 11) is 0. The summed E-state index contributed by atoms with van der Waals surface area (Å²) < 4.78 is 6.99. The van der Waals surface area contributed by atoms with Gasteiger partial charge in [-0.2, -0.15) is 0 Å². The number of ether oxygens (including phenoxy) is 1. The zero-order valence-corrected chi connectivity index (χ0v) is 21.0. The molecule has 0 spiro atoms. The lowest BCUT2D eigenvalue weighted by atomic mass is 10.1. The van der Waals surface area contributed by atoms with E-state index in [0.29, 0.717) is 38.4 Å². The van der Waals surface area contributed by atoms with E-state index in [1.807, 2.05) is 52.3 Å². The fourth-order valence-electron chi connectivity index (χ4n) is 4.79. The van der Waals surface area contributed by atoms with Gasteiger partial charge in [-0.25, -0.2) is 4.79 Å². The number of carbonyl (C=O) groups is 2. The molecule has 2 aliphatic heterocycles. The molecule has 1 saturated heterocycles. The van der Waals surface area contributed by atoms with E-state index >= 15 is 0 Å². The van der Waals surface area contributed by atoms with Crippen molar-refractivity contribution in [3.8, 4) is 0 Å². The number of piperazine rings is 1. The number of rotatable bonds is 6. The average Bonchev–Trinajstić information content (AvgIpc) is 3.45. The van der Waals surface area contributed by atoms with Crippen LogP contribution in [-0.2, 0) is 16.1 Å². The number of nitrogens with zero attached hydrogens (tertiary/aromatic N) is 4. The van der Waals surface area contributed by atoms with E-state index in [9.17, 15) is 14.4 Å². The molecule has 1 fully saturated rings. The van der Waals surface area contributed by atoms with E-state index in [-0.39, 0.29) is 23.6 Å². The zero-order chi connectivity index (χ0) is 25.1. The number of esters is 1. The van der Waals surface area contributed by atoms with Gasteiger partial charge in [-0.1, -0.05) is 24.3 Å². The fraction of sp³-hybridized carbons (Fsp3) is 0.333. The van der Waals surface area contributed by atoms with Gasteiger partial charge in [-0.15, -0.1) is 11.8 Å². The summed E-state index contributed by atoms with van der Waals surface area (Å²) in [4.78, 5) is 48.7. The van der Waals surface area contributed by atoms with Crippen LogP contribution in [0, 0.1) is 0 Å². The first-order chi connectivity index (χ1) is 17.6. The molecule has 8 nitrogen and oxygen atoms in total. The second kappa shape index (κ2) is 10.6. The minimum atomic E-state index is -0.627. The van der Waals surface area contributed by atoms with Crippen molar-refractivity contribution >= 4 is 40.2 Å². The van der Waals surface area contributed by atoms with Crippen molar-refractivity contribution in [1.29, 1.82) is 0 Å². The number of anilines is 1. The third kappa shape index (κ3) is 4.63. The number of amides is 1. The van der Waals surface area contributed by atoms with Gasteiger partial charge < -0.3 is 19.1 Å². The van der Waals surface area contributed by atoms with Crippen LogP contribution in [0.25, 0.3) is 10.9 Å². The third-order valence-electron chi connectivity index (χ3n) is 6.51. The lowest BCUT2D eigenvalue weighted by Crippen LogP contribution is -2.50. The minimum absolute atomic E-state index is 0.0402. The molecule has 0 radical (unpaired) electrons. The molecule has 0 N–H and O–H groups in total. The predicted molar refractivity (Wildman–Crippen MR) is 141 cm³/mol. The molecule has 0 unspecified atom stereocenters. The molecule has 0 aliphatic carbocycles. The first-order valence-corrected chi connectivity index (χ1v) is 13.2. The van der Waals surface area contributed by atoms with Crippen LogP contribution in [-0.4, -0.2) is 64.9 Å². The standard InChI is InChI=1S/C27H28N4O4S/c1-2-35-27(34)23-24(29-13-15-30(16-14-29)25(32)22-8-5-17-36-22)20-6-3-4-7-21(20)31(26(23)33)18-19-9-11-28-12-10-19/h3-4,6-12H,2,5,13-18H2,1H3. The van der Waals surface area contributed by atoms with E-state index in [4.69, 9.17) is 4.74 Å². The Bertz CT molecular complexity index is 1380. The van der Waals surface area contributed by atoms with Gasteiger partial charge in [-0.05, 0) is 37.1 Å². The number of allylic oxidation sites excluding steroid dienone is 1. The Kier molecular flexibility index (Phi) is 7.09. The van der Waals surface area contributed by atoms with Crippen molar-refractivity contribution in [2.75, 3.05) is 43.4 Å². The number of carbonyl (C=O) groups excluding carboxylic acids is 2. The maximum atomic E-state index is 13.9. The lowest BCUT2D eigenvalue weighted by Gasteiger charge is -2.37. The highest BCUT2D eigenvalue weighted by Crippen LogP contribution is 2.32. The first-order valence-electron chi connectivity index (χ1n) is 12.2. The summed E-state index contributed by atoms with van der Waals surface area (Å²) in [6, 6.07) is 11.3. The Balaban J connectivity index is 1.56. The second-order valence-corrected chi connectivity index (χ2v) is 9.83. The molecule has 0 atom stereocenters. The smallest absolute Gasteiger partial charge is 0.345 e. The maximum absolute atomic E-state index is 13.9. The van der Waals surface area contributed by atoms with Crippen LogP contribution in [0.5, 0.6) is 0 Å². The number of pyridine rings is 2. The molecule has 0 bridgehead atoms. The van der Waals surface area contributed by atoms with E-state index < -0.39 is 5.97 Å². The maximum Gasteiger partial charge on any atom is 0.345 e. The summed E-state index contributed by atoms with van der Waals surface area (Å²) >= 11 is 1.61. The summed E-state index contributed by atoms with van der Waals surface area (Å²) in [6.45, 7) is 4.30. The Labute approximate surface area is 213 Å². The van der Waals surface area contributed by atoms with Crippen LogP contribution < -0.4 is 10.5 Å². The van der Waals surface area contributed by atoms with Crippen LogP contribution in [0.4, 0.5) is 5.69 Å². The van der Waals surface area contributed by atoms with Crippen molar-refractivity contribution in [1.82, 2.24) is 14.5 Å². The molecular formula is C27H28N4O4S.